The molecule has 0 heterocycles. The molecule has 42 heavy (non-hydrogen) atoms. The van der Waals surface area contributed by atoms with Crippen molar-refractivity contribution in [3.63, 3.8) is 0 Å². The molecule has 2 amide bonds. The van der Waals surface area contributed by atoms with Gasteiger partial charge in [0.15, 0.2) is 0 Å². The summed E-state index contributed by atoms with van der Waals surface area (Å²) in [7, 11) is 0. The first-order valence-electron chi connectivity index (χ1n) is 11.9. The Hall–Kier alpha value is -2.64. The van der Waals surface area contributed by atoms with Crippen LogP contribution >= 0.6 is 34.8 Å². The lowest BCUT2D eigenvalue weighted by molar-refractivity contribution is -0.150. The van der Waals surface area contributed by atoms with E-state index in [-0.39, 0.29) is 27.2 Å². The number of nitrogens with one attached hydrogen (secondary N) is 1. The van der Waals surface area contributed by atoms with Crippen LogP contribution in [0.15, 0.2) is 36.4 Å². The first kappa shape index (κ1) is 35.6. The molecule has 4 nitrogen and oxygen atoms in total. The van der Waals surface area contributed by atoms with Crippen molar-refractivity contribution in [2.45, 2.75) is 57.3 Å². The quantitative estimate of drug-likeness (QED) is 0.164. The van der Waals surface area contributed by atoms with Gasteiger partial charge in [0.05, 0.1) is 38.5 Å². The second kappa shape index (κ2) is 13.8. The Balaban J connectivity index is 2.38. The maximum atomic E-state index is 13.9. The number of carbonyl (C=O) groups is 2. The van der Waals surface area contributed by atoms with Crippen LogP contribution in [0.25, 0.3) is 6.08 Å². The predicted molar refractivity (Wildman–Crippen MR) is 140 cm³/mol. The summed E-state index contributed by atoms with van der Waals surface area (Å²) in [6.07, 6.45) is -16.9. The van der Waals surface area contributed by atoms with Gasteiger partial charge in [0.25, 0.3) is 5.91 Å². The third kappa shape index (κ3) is 9.70. The lowest BCUT2D eigenvalue weighted by atomic mass is 9.96. The maximum absolute atomic E-state index is 13.9. The molecule has 0 aliphatic carbocycles. The summed E-state index contributed by atoms with van der Waals surface area (Å²) in [6.45, 7) is 2.44. The SMILES string of the molecule is CCN(C(=O)CCC(F)(F)F)[C@@H](C)NC(=O)c1ccc(C=CC(c2cc(Cl)c(Cl)c(Cl)c2)C(F)(F)F)cc1C(F)(F)F. The lowest BCUT2D eigenvalue weighted by Crippen LogP contribution is -2.49. The molecule has 2 aromatic carbocycles. The summed E-state index contributed by atoms with van der Waals surface area (Å²) in [5.41, 5.74) is -3.19. The zero-order valence-electron chi connectivity index (χ0n) is 21.6. The fourth-order valence-corrected chi connectivity index (χ4v) is 4.49. The van der Waals surface area contributed by atoms with Crippen molar-refractivity contribution in [2.24, 2.45) is 0 Å². The van der Waals surface area contributed by atoms with Gasteiger partial charge in [-0.1, -0.05) is 53.0 Å². The van der Waals surface area contributed by atoms with E-state index in [0.29, 0.717) is 12.1 Å². The van der Waals surface area contributed by atoms with Crippen molar-refractivity contribution in [3.8, 4) is 0 Å². The van der Waals surface area contributed by atoms with Crippen LogP contribution < -0.4 is 5.32 Å². The van der Waals surface area contributed by atoms with E-state index in [2.05, 4.69) is 5.32 Å². The Morgan fingerprint density at radius 1 is 0.952 bits per heavy atom. The summed E-state index contributed by atoms with van der Waals surface area (Å²) in [6, 6.07) is 3.98. The molecular weight excluding hydrogens is 650 g/mol. The van der Waals surface area contributed by atoms with Crippen LogP contribution in [-0.2, 0) is 11.0 Å². The van der Waals surface area contributed by atoms with Gasteiger partial charge >= 0.3 is 18.5 Å². The minimum absolute atomic E-state index is 0.154. The van der Waals surface area contributed by atoms with Crippen molar-refractivity contribution in [1.29, 1.82) is 0 Å². The van der Waals surface area contributed by atoms with Crippen LogP contribution in [0, 0.1) is 0 Å². The fraction of sp³-hybridized carbons (Fsp3) is 0.385. The second-order valence-electron chi connectivity index (χ2n) is 8.92. The standard InChI is InChI=1S/C26H22Cl3F9N2O2/c1-3-40(21(41)8-9-24(30,31)32)13(2)39-23(42)16-6-4-14(10-18(16)26(36,37)38)5-7-17(25(33,34)35)15-11-19(27)22(29)20(28)12-15/h4-7,10-13,17H,3,8-9H2,1-2H3,(H,39,42)/t13-,17?/m0/s1. The highest BCUT2D eigenvalue weighted by Gasteiger charge is 2.40. The minimum Gasteiger partial charge on any atom is -0.332 e. The molecule has 0 aliphatic heterocycles. The fourth-order valence-electron chi connectivity index (χ4n) is 3.87. The summed E-state index contributed by atoms with van der Waals surface area (Å²) >= 11 is 17.4. The van der Waals surface area contributed by atoms with E-state index in [4.69, 9.17) is 34.8 Å². The number of amides is 2. The average molecular weight is 672 g/mol. The Bertz CT molecular complexity index is 1300. The predicted octanol–water partition coefficient (Wildman–Crippen LogP) is 9.29. The average Bonchev–Trinajstić information content (AvgIpc) is 2.84. The number of hydrogen-bond acceptors (Lipinski definition) is 2. The largest absolute Gasteiger partial charge is 0.417 e. The first-order chi connectivity index (χ1) is 19.2. The lowest BCUT2D eigenvalue weighted by Gasteiger charge is -2.29. The van der Waals surface area contributed by atoms with Gasteiger partial charge in [-0.05, 0) is 49.2 Å². The van der Waals surface area contributed by atoms with E-state index >= 15 is 0 Å². The number of rotatable bonds is 9. The highest BCUT2D eigenvalue weighted by molar-refractivity contribution is 6.48. The van der Waals surface area contributed by atoms with Crippen LogP contribution in [0.4, 0.5) is 39.5 Å². The molecule has 0 saturated carbocycles. The molecule has 2 rings (SSSR count). The molecule has 2 atom stereocenters. The summed E-state index contributed by atoms with van der Waals surface area (Å²) in [5, 5.41) is 1.43. The monoisotopic (exact) mass is 670 g/mol. The summed E-state index contributed by atoms with van der Waals surface area (Å²) < 4.78 is 120. The van der Waals surface area contributed by atoms with Gasteiger partial charge in [0.2, 0.25) is 5.91 Å². The van der Waals surface area contributed by atoms with E-state index < -0.39 is 72.0 Å². The number of nitrogens with zero attached hydrogens (tertiary/aromatic N) is 1. The van der Waals surface area contributed by atoms with E-state index in [1.807, 2.05) is 0 Å². The maximum Gasteiger partial charge on any atom is 0.417 e. The highest BCUT2D eigenvalue weighted by Crippen LogP contribution is 2.41. The molecule has 0 aliphatic rings. The number of allylic oxidation sites excluding steroid dienone is 1. The van der Waals surface area contributed by atoms with Gasteiger partial charge < -0.3 is 10.2 Å². The normalized spacial score (nSPS) is 14.1. The number of hydrogen-bond donors (Lipinski definition) is 1. The molecule has 232 valence electrons. The number of halogens is 12. The third-order valence-electron chi connectivity index (χ3n) is 5.88. The van der Waals surface area contributed by atoms with Crippen LogP contribution in [-0.4, -0.2) is 41.8 Å². The number of carbonyl (C=O) groups excluding carboxylic acids is 2. The van der Waals surface area contributed by atoms with E-state index in [9.17, 15) is 49.1 Å². The molecule has 0 fully saturated rings. The Morgan fingerprint density at radius 2 is 1.52 bits per heavy atom. The molecule has 1 N–H and O–H groups in total. The number of benzene rings is 2. The van der Waals surface area contributed by atoms with Gasteiger partial charge in [0, 0.05) is 13.0 Å². The van der Waals surface area contributed by atoms with Crippen molar-refractivity contribution in [3.05, 3.63) is 73.7 Å². The van der Waals surface area contributed by atoms with E-state index in [0.717, 1.165) is 35.2 Å². The van der Waals surface area contributed by atoms with Gasteiger partial charge in [0.1, 0.15) is 6.17 Å². The smallest absolute Gasteiger partial charge is 0.332 e. The van der Waals surface area contributed by atoms with Crippen LogP contribution in [0.1, 0.15) is 59.7 Å². The molecule has 0 radical (unpaired) electrons. The third-order valence-corrected chi connectivity index (χ3v) is 7.08. The molecular formula is C26H22Cl3F9N2O2. The molecule has 0 aromatic heterocycles. The number of alkyl halides is 9. The molecule has 0 saturated heterocycles. The van der Waals surface area contributed by atoms with Crippen molar-refractivity contribution >= 4 is 52.7 Å². The Kier molecular flexibility index (Phi) is 11.7. The summed E-state index contributed by atoms with van der Waals surface area (Å²) in [4.78, 5) is 25.8. The van der Waals surface area contributed by atoms with Crippen molar-refractivity contribution in [2.75, 3.05) is 6.54 Å². The topological polar surface area (TPSA) is 49.4 Å². The van der Waals surface area contributed by atoms with Gasteiger partial charge in [-0.2, -0.15) is 39.5 Å². The Morgan fingerprint density at radius 3 is 2.00 bits per heavy atom. The molecule has 16 heteroatoms. The first-order valence-corrected chi connectivity index (χ1v) is 13.1. The highest BCUT2D eigenvalue weighted by atomic mass is 35.5. The van der Waals surface area contributed by atoms with Crippen LogP contribution in [0.5, 0.6) is 0 Å². The van der Waals surface area contributed by atoms with Crippen molar-refractivity contribution in [1.82, 2.24) is 10.2 Å². The summed E-state index contributed by atoms with van der Waals surface area (Å²) in [5.74, 6) is -4.63. The Labute approximate surface area is 249 Å². The van der Waals surface area contributed by atoms with Gasteiger partial charge in [-0.3, -0.25) is 9.59 Å². The van der Waals surface area contributed by atoms with Crippen LogP contribution in [0.3, 0.4) is 0 Å². The van der Waals surface area contributed by atoms with E-state index in [1.165, 1.54) is 13.8 Å². The van der Waals surface area contributed by atoms with E-state index in [1.54, 1.807) is 0 Å². The van der Waals surface area contributed by atoms with Gasteiger partial charge in [-0.15, -0.1) is 0 Å². The van der Waals surface area contributed by atoms with Gasteiger partial charge in [-0.25, -0.2) is 0 Å². The van der Waals surface area contributed by atoms with Crippen LogP contribution in [0.2, 0.25) is 15.1 Å². The molecule has 2 aromatic rings. The second-order valence-corrected chi connectivity index (χ2v) is 10.1. The minimum atomic E-state index is -5.13. The zero-order chi connectivity index (χ0) is 32.2. The zero-order valence-corrected chi connectivity index (χ0v) is 23.9. The molecule has 0 spiro atoms. The van der Waals surface area contributed by atoms with Crippen molar-refractivity contribution < 1.29 is 49.1 Å². The molecule has 1 unspecified atom stereocenters. The molecule has 0 bridgehead atoms.